The van der Waals surface area contributed by atoms with E-state index in [0.717, 1.165) is 15.4 Å². The maximum atomic E-state index is 12.0. The van der Waals surface area contributed by atoms with Crippen LogP contribution in [0.25, 0.3) is 0 Å². The Balaban J connectivity index is 1.99. The molecule has 1 saturated heterocycles. The van der Waals surface area contributed by atoms with Gasteiger partial charge in [0.2, 0.25) is 0 Å². The van der Waals surface area contributed by atoms with Crippen LogP contribution in [0.5, 0.6) is 0 Å². The Kier molecular flexibility index (Phi) is 5.15. The summed E-state index contributed by atoms with van der Waals surface area (Å²) in [6.45, 7) is 6.86. The number of amides is 4. The van der Waals surface area contributed by atoms with Gasteiger partial charge < -0.3 is 0 Å². The molecule has 0 aliphatic carbocycles. The van der Waals surface area contributed by atoms with Crippen LogP contribution in [0.4, 0.5) is 4.79 Å². The monoisotopic (exact) mass is 317 g/mol. The molecule has 124 valence electrons. The molecule has 0 bridgehead atoms. The summed E-state index contributed by atoms with van der Waals surface area (Å²) in [5.74, 6) is -1.02. The number of nitrogens with zero attached hydrogens (tertiary/aromatic N) is 3. The highest BCUT2D eigenvalue weighted by Crippen LogP contribution is 2.16. The van der Waals surface area contributed by atoms with Gasteiger partial charge in [-0.1, -0.05) is 38.1 Å². The fourth-order valence-electron chi connectivity index (χ4n) is 2.56. The van der Waals surface area contributed by atoms with Crippen molar-refractivity contribution in [2.75, 3.05) is 20.3 Å². The predicted molar refractivity (Wildman–Crippen MR) is 86.5 cm³/mol. The Bertz CT molecular complexity index is 610. The zero-order chi connectivity index (χ0) is 17.1. The van der Waals surface area contributed by atoms with Crippen molar-refractivity contribution >= 4 is 17.8 Å². The molecule has 1 fully saturated rings. The molecule has 0 atom stereocenters. The van der Waals surface area contributed by atoms with Crippen molar-refractivity contribution in [1.82, 2.24) is 14.7 Å². The minimum absolute atomic E-state index is 0.103. The second-order valence-corrected chi connectivity index (χ2v) is 6.12. The quantitative estimate of drug-likeness (QED) is 0.595. The highest BCUT2D eigenvalue weighted by atomic mass is 16.2. The van der Waals surface area contributed by atoms with Crippen molar-refractivity contribution in [3.05, 3.63) is 35.4 Å². The summed E-state index contributed by atoms with van der Waals surface area (Å²) in [6.07, 6.45) is 0. The highest BCUT2D eigenvalue weighted by Gasteiger charge is 2.43. The number of imide groups is 2. The molecular weight excluding hydrogens is 294 g/mol. The number of likely N-dealkylation sites (N-methyl/N-ethyl adjacent to an activating group) is 1. The molecular formula is C17H23N3O3. The van der Waals surface area contributed by atoms with E-state index < -0.39 is 17.8 Å². The van der Waals surface area contributed by atoms with Gasteiger partial charge in [-0.3, -0.25) is 19.4 Å². The van der Waals surface area contributed by atoms with E-state index in [4.69, 9.17) is 0 Å². The van der Waals surface area contributed by atoms with Gasteiger partial charge in [-0.2, -0.15) is 0 Å². The average Bonchev–Trinajstić information content (AvgIpc) is 2.71. The van der Waals surface area contributed by atoms with Crippen molar-refractivity contribution in [2.45, 2.75) is 33.2 Å². The topological polar surface area (TPSA) is 60.9 Å². The Labute approximate surface area is 136 Å². The third kappa shape index (κ3) is 3.59. The number of urea groups is 1. The third-order valence-electron chi connectivity index (χ3n) is 3.93. The van der Waals surface area contributed by atoms with Crippen molar-refractivity contribution in [3.63, 3.8) is 0 Å². The van der Waals surface area contributed by atoms with Crippen LogP contribution >= 0.6 is 0 Å². The van der Waals surface area contributed by atoms with Crippen molar-refractivity contribution in [2.24, 2.45) is 0 Å². The number of carbonyl (C=O) groups excluding carboxylic acids is 3. The summed E-state index contributed by atoms with van der Waals surface area (Å²) < 4.78 is 0. The molecule has 2 rings (SSSR count). The van der Waals surface area contributed by atoms with E-state index in [1.807, 2.05) is 24.1 Å². The molecule has 4 amide bonds. The Morgan fingerprint density at radius 2 is 1.57 bits per heavy atom. The van der Waals surface area contributed by atoms with E-state index in [-0.39, 0.29) is 13.2 Å². The maximum absolute atomic E-state index is 12.0. The number of carbonyl (C=O) groups is 3. The number of benzene rings is 1. The van der Waals surface area contributed by atoms with Gasteiger partial charge in [0.05, 0.1) is 6.67 Å². The second kappa shape index (κ2) is 6.91. The molecule has 6 heteroatoms. The van der Waals surface area contributed by atoms with Crippen LogP contribution in [0.2, 0.25) is 0 Å². The smallest absolute Gasteiger partial charge is 0.284 e. The van der Waals surface area contributed by atoms with E-state index in [9.17, 15) is 14.4 Å². The molecule has 0 aromatic heterocycles. The summed E-state index contributed by atoms with van der Waals surface area (Å²) in [6, 6.07) is 7.72. The zero-order valence-electron chi connectivity index (χ0n) is 14.1. The van der Waals surface area contributed by atoms with E-state index in [0.29, 0.717) is 12.5 Å². The molecule has 0 saturated carbocycles. The van der Waals surface area contributed by atoms with Gasteiger partial charge in [0.1, 0.15) is 0 Å². The SMILES string of the molecule is CCN1C(=O)C(=O)N(CN(C)Cc2ccc(C(C)C)cc2)C1=O. The first-order valence-electron chi connectivity index (χ1n) is 7.79. The zero-order valence-corrected chi connectivity index (χ0v) is 14.1. The van der Waals surface area contributed by atoms with E-state index in [2.05, 4.69) is 26.0 Å². The first kappa shape index (κ1) is 17.1. The lowest BCUT2D eigenvalue weighted by atomic mass is 10.0. The van der Waals surface area contributed by atoms with Crippen LogP contribution in [0.3, 0.4) is 0 Å². The molecule has 6 nitrogen and oxygen atoms in total. The fourth-order valence-corrected chi connectivity index (χ4v) is 2.56. The minimum Gasteiger partial charge on any atom is -0.284 e. The molecule has 1 aromatic carbocycles. The number of hydrogen-bond donors (Lipinski definition) is 0. The molecule has 1 aliphatic rings. The van der Waals surface area contributed by atoms with Gasteiger partial charge in [0, 0.05) is 13.1 Å². The largest absolute Gasteiger partial charge is 0.335 e. The summed E-state index contributed by atoms with van der Waals surface area (Å²) in [7, 11) is 1.82. The molecule has 0 radical (unpaired) electrons. The van der Waals surface area contributed by atoms with Gasteiger partial charge in [-0.15, -0.1) is 0 Å². The van der Waals surface area contributed by atoms with Crippen LogP contribution in [0.1, 0.15) is 37.8 Å². The van der Waals surface area contributed by atoms with E-state index in [1.54, 1.807) is 6.92 Å². The Morgan fingerprint density at radius 3 is 2.04 bits per heavy atom. The first-order chi connectivity index (χ1) is 10.8. The minimum atomic E-state index is -0.751. The van der Waals surface area contributed by atoms with Crippen LogP contribution < -0.4 is 0 Å². The van der Waals surface area contributed by atoms with E-state index in [1.165, 1.54) is 5.56 Å². The van der Waals surface area contributed by atoms with Crippen LogP contribution in [0, 0.1) is 0 Å². The number of rotatable bonds is 6. The molecule has 23 heavy (non-hydrogen) atoms. The molecule has 1 aliphatic heterocycles. The summed E-state index contributed by atoms with van der Waals surface area (Å²) in [5.41, 5.74) is 2.36. The van der Waals surface area contributed by atoms with Gasteiger partial charge in [-0.05, 0) is 31.0 Å². The predicted octanol–water partition coefficient (Wildman–Crippen LogP) is 2.01. The van der Waals surface area contributed by atoms with Gasteiger partial charge in [-0.25, -0.2) is 9.69 Å². The normalized spacial score (nSPS) is 15.5. The lowest BCUT2D eigenvalue weighted by molar-refractivity contribution is -0.143. The van der Waals surface area contributed by atoms with Crippen LogP contribution in [-0.4, -0.2) is 52.8 Å². The molecule has 1 aromatic rings. The van der Waals surface area contributed by atoms with Crippen molar-refractivity contribution in [1.29, 1.82) is 0 Å². The first-order valence-corrected chi connectivity index (χ1v) is 7.79. The molecule has 0 unspecified atom stereocenters. The Morgan fingerprint density at radius 1 is 1.00 bits per heavy atom. The lowest BCUT2D eigenvalue weighted by Gasteiger charge is -2.22. The van der Waals surface area contributed by atoms with E-state index >= 15 is 0 Å². The molecule has 1 heterocycles. The molecule has 0 N–H and O–H groups in total. The number of hydrogen-bond acceptors (Lipinski definition) is 4. The van der Waals surface area contributed by atoms with Crippen molar-refractivity contribution in [3.8, 4) is 0 Å². The van der Waals surface area contributed by atoms with Crippen LogP contribution in [-0.2, 0) is 16.1 Å². The van der Waals surface area contributed by atoms with Crippen molar-refractivity contribution < 1.29 is 14.4 Å². The van der Waals surface area contributed by atoms with Gasteiger partial charge >= 0.3 is 17.8 Å². The maximum Gasteiger partial charge on any atom is 0.335 e. The van der Waals surface area contributed by atoms with Gasteiger partial charge in [0.15, 0.2) is 0 Å². The Hall–Kier alpha value is -2.21. The van der Waals surface area contributed by atoms with Crippen LogP contribution in [0.15, 0.2) is 24.3 Å². The summed E-state index contributed by atoms with van der Waals surface area (Å²) in [5, 5.41) is 0. The highest BCUT2D eigenvalue weighted by molar-refractivity contribution is 6.44. The standard InChI is InChI=1S/C17H23N3O3/c1-5-19-15(21)16(22)20(17(19)23)11-18(4)10-13-6-8-14(9-7-13)12(2)3/h6-9,12H,5,10-11H2,1-4H3. The molecule has 0 spiro atoms. The fraction of sp³-hybridized carbons (Fsp3) is 0.471. The second-order valence-electron chi connectivity index (χ2n) is 6.12. The lowest BCUT2D eigenvalue weighted by Crippen LogP contribution is -2.40. The third-order valence-corrected chi connectivity index (χ3v) is 3.93. The summed E-state index contributed by atoms with van der Waals surface area (Å²) >= 11 is 0. The summed E-state index contributed by atoms with van der Waals surface area (Å²) in [4.78, 5) is 39.4. The average molecular weight is 317 g/mol. The van der Waals surface area contributed by atoms with Gasteiger partial charge in [0.25, 0.3) is 0 Å².